The van der Waals surface area contributed by atoms with E-state index in [4.69, 9.17) is 0 Å². The number of hydrogen-bond acceptors (Lipinski definition) is 0. The van der Waals surface area contributed by atoms with Crippen LogP contribution in [0.5, 0.6) is 0 Å². The lowest BCUT2D eigenvalue weighted by Gasteiger charge is -2.33. The molecule has 0 amide bonds. The van der Waals surface area contributed by atoms with Crippen LogP contribution in [-0.2, 0) is 10.8 Å². The molecule has 0 bridgehead atoms. The molecule has 0 radical (unpaired) electrons. The summed E-state index contributed by atoms with van der Waals surface area (Å²) in [6.07, 6.45) is 26.9. The Bertz CT molecular complexity index is 1860. The quantitative estimate of drug-likeness (QED) is 0.0728. The highest BCUT2D eigenvalue weighted by Crippen LogP contribution is 2.56. The Balaban J connectivity index is 1.36. The fourth-order valence-electron chi connectivity index (χ4n) is 9.36. The summed E-state index contributed by atoms with van der Waals surface area (Å²) in [6.45, 7) is 15.5. The zero-order chi connectivity index (χ0) is 35.8. The second-order valence-electron chi connectivity index (χ2n) is 15.9. The number of fused-ring (bicyclic) bond motifs is 6. The van der Waals surface area contributed by atoms with Gasteiger partial charge in [-0.2, -0.15) is 0 Å². The van der Waals surface area contributed by atoms with Crippen molar-refractivity contribution in [3.63, 3.8) is 0 Å². The van der Waals surface area contributed by atoms with E-state index >= 15 is 0 Å². The summed E-state index contributed by atoms with van der Waals surface area (Å²) in [6, 6.07) is 31.2. The summed E-state index contributed by atoms with van der Waals surface area (Å²) in [5.41, 5.74) is 16.9. The minimum Gasteiger partial charge on any atom is -0.0990 e. The lowest BCUT2D eigenvalue weighted by Crippen LogP contribution is -2.25. The van der Waals surface area contributed by atoms with E-state index < -0.39 is 0 Å². The summed E-state index contributed by atoms with van der Waals surface area (Å²) in [5.74, 6) is 0. The van der Waals surface area contributed by atoms with Gasteiger partial charge in [0.25, 0.3) is 0 Å². The van der Waals surface area contributed by atoms with Crippen molar-refractivity contribution in [1.29, 1.82) is 0 Å². The normalized spacial score (nSPS) is 15.1. The van der Waals surface area contributed by atoms with Gasteiger partial charge in [0, 0.05) is 10.8 Å². The summed E-state index contributed by atoms with van der Waals surface area (Å²) in [7, 11) is 0. The molecule has 0 fully saturated rings. The van der Waals surface area contributed by atoms with Gasteiger partial charge in [-0.1, -0.05) is 196 Å². The van der Waals surface area contributed by atoms with Crippen LogP contribution in [0.25, 0.3) is 39.0 Å². The Kier molecular flexibility index (Phi) is 12.0. The second kappa shape index (κ2) is 16.6. The van der Waals surface area contributed by atoms with E-state index in [0.29, 0.717) is 0 Å². The highest BCUT2D eigenvalue weighted by molar-refractivity contribution is 5.88. The van der Waals surface area contributed by atoms with Crippen LogP contribution in [0.3, 0.4) is 0 Å². The van der Waals surface area contributed by atoms with E-state index in [0.717, 1.165) is 0 Å². The van der Waals surface area contributed by atoms with Gasteiger partial charge in [-0.25, -0.2) is 0 Å². The molecule has 2 aliphatic rings. The van der Waals surface area contributed by atoms with E-state index in [-0.39, 0.29) is 10.8 Å². The highest BCUT2D eigenvalue weighted by Gasteiger charge is 2.42. The van der Waals surface area contributed by atoms with Crippen LogP contribution in [0.1, 0.15) is 152 Å². The first-order chi connectivity index (χ1) is 24.9. The van der Waals surface area contributed by atoms with Gasteiger partial charge < -0.3 is 0 Å². The molecule has 0 heteroatoms. The summed E-state index contributed by atoms with van der Waals surface area (Å²) in [4.78, 5) is 0. The van der Waals surface area contributed by atoms with Gasteiger partial charge in [0.05, 0.1) is 0 Å². The van der Waals surface area contributed by atoms with Crippen molar-refractivity contribution >= 4 is 5.57 Å². The molecule has 0 nitrogen and oxygen atoms in total. The van der Waals surface area contributed by atoms with Crippen molar-refractivity contribution in [3.8, 4) is 33.4 Å². The molecule has 0 aliphatic heterocycles. The predicted molar refractivity (Wildman–Crippen MR) is 225 cm³/mol. The van der Waals surface area contributed by atoms with Crippen LogP contribution in [0.2, 0.25) is 0 Å². The molecule has 2 aliphatic carbocycles. The van der Waals surface area contributed by atoms with Crippen molar-refractivity contribution in [1.82, 2.24) is 0 Å². The van der Waals surface area contributed by atoms with Gasteiger partial charge in [-0.3, -0.25) is 0 Å². The topological polar surface area (TPSA) is 0 Å². The Hall–Kier alpha value is -3.90. The lowest BCUT2D eigenvalue weighted by molar-refractivity contribution is 0.398. The molecule has 0 atom stereocenters. The van der Waals surface area contributed by atoms with E-state index in [1.807, 2.05) is 6.08 Å². The van der Waals surface area contributed by atoms with Crippen molar-refractivity contribution < 1.29 is 0 Å². The molecule has 0 saturated carbocycles. The standard InChI is InChI=1S/C51H62/c1-7-11-13-15-17-21-33-51(34-22-18-16-14-12-8-2)46-26-20-19-25-42(46)45-32-29-41(37-49(45)51)40-28-31-44-43-30-27-39(38(23-9-3)24-10-4)35-47(43)50(5,6)48(44)36-40/h9-10,19-20,23-32,35-37H,3,7-8,11-18,21-22,33-34H2,1-2,4-6H3/b24-10-,38-23+. The highest BCUT2D eigenvalue weighted by atomic mass is 14.5. The van der Waals surface area contributed by atoms with Crippen molar-refractivity contribution in [3.05, 3.63) is 138 Å². The Morgan fingerprint density at radius 2 is 1.08 bits per heavy atom. The first-order valence-corrected chi connectivity index (χ1v) is 20.4. The number of hydrogen-bond donors (Lipinski definition) is 0. The molecule has 0 saturated heterocycles. The average molecular weight is 675 g/mol. The minimum absolute atomic E-state index is 0.0851. The summed E-state index contributed by atoms with van der Waals surface area (Å²) >= 11 is 0. The smallest absolute Gasteiger partial charge is 0.0215 e. The van der Waals surface area contributed by atoms with Crippen molar-refractivity contribution in [2.45, 2.75) is 135 Å². The number of benzene rings is 4. The van der Waals surface area contributed by atoms with Crippen LogP contribution >= 0.6 is 0 Å². The van der Waals surface area contributed by atoms with Crippen molar-refractivity contribution in [2.75, 3.05) is 0 Å². The second-order valence-corrected chi connectivity index (χ2v) is 15.9. The van der Waals surface area contributed by atoms with Crippen LogP contribution in [0.15, 0.2) is 110 Å². The average Bonchev–Trinajstić information content (AvgIpc) is 3.55. The summed E-state index contributed by atoms with van der Waals surface area (Å²) in [5, 5.41) is 0. The number of rotatable bonds is 18. The molecule has 6 rings (SSSR count). The van der Waals surface area contributed by atoms with E-state index in [9.17, 15) is 0 Å². The lowest BCUT2D eigenvalue weighted by atomic mass is 9.70. The minimum atomic E-state index is -0.0851. The number of unbranched alkanes of at least 4 members (excludes halogenated alkanes) is 10. The third kappa shape index (κ3) is 7.40. The predicted octanol–water partition coefficient (Wildman–Crippen LogP) is 15.6. The van der Waals surface area contributed by atoms with Gasteiger partial charge >= 0.3 is 0 Å². The summed E-state index contributed by atoms with van der Waals surface area (Å²) < 4.78 is 0. The van der Waals surface area contributed by atoms with Gasteiger partial charge in [-0.15, -0.1) is 0 Å². The fourth-order valence-corrected chi connectivity index (χ4v) is 9.36. The zero-order valence-corrected chi connectivity index (χ0v) is 32.4. The van der Waals surface area contributed by atoms with Gasteiger partial charge in [-0.05, 0) is 105 Å². The first-order valence-electron chi connectivity index (χ1n) is 20.4. The van der Waals surface area contributed by atoms with E-state index in [2.05, 4.69) is 138 Å². The monoisotopic (exact) mass is 674 g/mol. The van der Waals surface area contributed by atoms with E-state index in [1.54, 1.807) is 11.1 Å². The molecular weight excluding hydrogens is 613 g/mol. The van der Waals surface area contributed by atoms with Gasteiger partial charge in [0.1, 0.15) is 0 Å². The third-order valence-electron chi connectivity index (χ3n) is 12.2. The SMILES string of the molecule is C=C/C=C(\C=C/C)c1ccc2c(c1)C(C)(C)c1cc(-c3ccc4c(c3)C(CCCCCCCC)(CCCCCCCC)c3ccccc3-4)ccc1-2. The Labute approximate surface area is 310 Å². The molecule has 266 valence electrons. The maximum atomic E-state index is 3.97. The molecule has 51 heavy (non-hydrogen) atoms. The molecule has 0 N–H and O–H groups in total. The molecule has 4 aromatic carbocycles. The maximum absolute atomic E-state index is 3.97. The molecular formula is C51H62. The number of allylic oxidation sites excluding steroid dienone is 5. The molecule has 0 spiro atoms. The van der Waals surface area contributed by atoms with E-state index in [1.165, 1.54) is 146 Å². The Morgan fingerprint density at radius 3 is 1.69 bits per heavy atom. The molecule has 0 unspecified atom stereocenters. The Morgan fingerprint density at radius 1 is 0.569 bits per heavy atom. The maximum Gasteiger partial charge on any atom is 0.0215 e. The van der Waals surface area contributed by atoms with Crippen LogP contribution < -0.4 is 0 Å². The third-order valence-corrected chi connectivity index (χ3v) is 12.2. The van der Waals surface area contributed by atoms with Crippen molar-refractivity contribution in [2.24, 2.45) is 0 Å². The van der Waals surface area contributed by atoms with Crippen LogP contribution in [-0.4, -0.2) is 0 Å². The molecule has 4 aromatic rings. The van der Waals surface area contributed by atoms with Crippen LogP contribution in [0.4, 0.5) is 0 Å². The fraction of sp³-hybridized carbons (Fsp3) is 0.412. The van der Waals surface area contributed by atoms with Crippen LogP contribution in [0, 0.1) is 0 Å². The van der Waals surface area contributed by atoms with Gasteiger partial charge in [0.15, 0.2) is 0 Å². The first kappa shape index (κ1) is 36.9. The largest absolute Gasteiger partial charge is 0.0990 e. The zero-order valence-electron chi connectivity index (χ0n) is 32.4. The molecule has 0 aromatic heterocycles. The molecule has 0 heterocycles. The van der Waals surface area contributed by atoms with Gasteiger partial charge in [0.2, 0.25) is 0 Å².